The molecule has 0 radical (unpaired) electrons. The van der Waals surface area contributed by atoms with Crippen LogP contribution < -0.4 is 4.90 Å². The fraction of sp³-hybridized carbons (Fsp3) is 0.292. The smallest absolute Gasteiger partial charge is 0.330 e. The summed E-state index contributed by atoms with van der Waals surface area (Å²) in [6, 6.07) is 9.31. The molecule has 0 aliphatic carbocycles. The quantitative estimate of drug-likeness (QED) is 0.277. The molecule has 2 aromatic rings. The maximum atomic E-state index is 11.6. The van der Waals surface area contributed by atoms with Crippen molar-refractivity contribution in [1.82, 2.24) is 0 Å². The summed E-state index contributed by atoms with van der Waals surface area (Å²) in [5.74, 6) is -0.449. The van der Waals surface area contributed by atoms with Gasteiger partial charge in [-0.2, -0.15) is 0 Å². The zero-order chi connectivity index (χ0) is 22.6. The van der Waals surface area contributed by atoms with Crippen LogP contribution >= 0.6 is 11.8 Å². The first-order valence-electron chi connectivity index (χ1n) is 9.95. The summed E-state index contributed by atoms with van der Waals surface area (Å²) in [6.07, 6.45) is 5.30. The number of non-ortho nitro benzene ring substituents is 1. The highest BCUT2D eigenvalue weighted by Gasteiger charge is 2.57. The predicted octanol–water partition coefficient (Wildman–Crippen LogP) is 5.38. The van der Waals surface area contributed by atoms with Crippen molar-refractivity contribution in [3.8, 4) is 0 Å². The Morgan fingerprint density at radius 1 is 1.35 bits per heavy atom. The normalized spacial score (nSPS) is 20.3. The van der Waals surface area contributed by atoms with Gasteiger partial charge in [-0.15, -0.1) is 0 Å². The number of nitro benzene ring substituents is 1. The van der Waals surface area contributed by atoms with E-state index in [0.29, 0.717) is 0 Å². The van der Waals surface area contributed by atoms with Crippen molar-refractivity contribution < 1.29 is 14.5 Å². The number of carbonyl (C=O) groups excluding carboxylic acids is 1. The largest absolute Gasteiger partial charge is 0.458 e. The van der Waals surface area contributed by atoms with Gasteiger partial charge in [-0.3, -0.25) is 10.1 Å². The van der Waals surface area contributed by atoms with Crippen molar-refractivity contribution in [3.05, 3.63) is 81.4 Å². The van der Waals surface area contributed by atoms with Gasteiger partial charge >= 0.3 is 5.97 Å². The number of hydrogen-bond donors (Lipinski definition) is 0. The number of likely N-dealkylation sites (N-methyl/N-ethyl adjacent to an activating group) is 1. The number of ether oxygens (including phenoxy) is 1. The standard InChI is InChI=1S/C24H24N2O4S/c1-6-20(27)30-14-17-8-7-9-19-21(17)23(3,4)24(25(19)5)11-10-16-13-18(26(28)29)12-15(2)22(16)31-24/h6-13H,1,14H2,2-5H3. The fourth-order valence-corrected chi connectivity index (χ4v) is 6.26. The summed E-state index contributed by atoms with van der Waals surface area (Å²) in [4.78, 5) is 25.4. The summed E-state index contributed by atoms with van der Waals surface area (Å²) in [6.45, 7) is 9.94. The topological polar surface area (TPSA) is 72.7 Å². The van der Waals surface area contributed by atoms with E-state index in [1.807, 2.05) is 25.1 Å². The molecule has 0 bridgehead atoms. The second-order valence-corrected chi connectivity index (χ2v) is 9.61. The maximum absolute atomic E-state index is 11.6. The predicted molar refractivity (Wildman–Crippen MR) is 123 cm³/mol. The second-order valence-electron chi connectivity index (χ2n) is 8.38. The highest BCUT2D eigenvalue weighted by atomic mass is 32.2. The summed E-state index contributed by atoms with van der Waals surface area (Å²) in [5, 5.41) is 11.3. The molecule has 0 saturated heterocycles. The molecule has 1 atom stereocenters. The third kappa shape index (κ3) is 3.07. The van der Waals surface area contributed by atoms with E-state index >= 15 is 0 Å². The Kier molecular flexibility index (Phi) is 4.97. The molecule has 0 aromatic heterocycles. The Morgan fingerprint density at radius 2 is 2.10 bits per heavy atom. The van der Waals surface area contributed by atoms with E-state index in [1.165, 1.54) is 6.08 Å². The van der Waals surface area contributed by atoms with Crippen LogP contribution in [0.4, 0.5) is 11.4 Å². The molecule has 1 unspecified atom stereocenters. The second kappa shape index (κ2) is 7.27. The highest BCUT2D eigenvalue weighted by Crippen LogP contribution is 2.61. The first kappa shape index (κ1) is 21.2. The monoisotopic (exact) mass is 436 g/mol. The van der Waals surface area contributed by atoms with Crippen LogP contribution in [-0.4, -0.2) is 22.8 Å². The van der Waals surface area contributed by atoms with Crippen molar-refractivity contribution in [3.63, 3.8) is 0 Å². The number of hydrogen-bond acceptors (Lipinski definition) is 6. The van der Waals surface area contributed by atoms with Gasteiger partial charge in [0.15, 0.2) is 0 Å². The van der Waals surface area contributed by atoms with Crippen LogP contribution in [0.25, 0.3) is 6.08 Å². The van der Waals surface area contributed by atoms with Gasteiger partial charge in [0.25, 0.3) is 5.69 Å². The van der Waals surface area contributed by atoms with E-state index in [1.54, 1.807) is 23.9 Å². The lowest BCUT2D eigenvalue weighted by atomic mass is 9.77. The van der Waals surface area contributed by atoms with Crippen molar-refractivity contribution >= 4 is 35.2 Å². The zero-order valence-corrected chi connectivity index (χ0v) is 18.8. The van der Waals surface area contributed by atoms with Gasteiger partial charge in [0.1, 0.15) is 11.5 Å². The number of fused-ring (bicyclic) bond motifs is 2. The number of nitrogens with zero attached hydrogens (tertiary/aromatic N) is 2. The molecular formula is C24H24N2O4S. The fourth-order valence-electron chi connectivity index (χ4n) is 4.75. The third-order valence-electron chi connectivity index (χ3n) is 6.29. The van der Waals surface area contributed by atoms with Gasteiger partial charge in [0, 0.05) is 41.3 Å². The number of anilines is 1. The molecular weight excluding hydrogens is 412 g/mol. The van der Waals surface area contributed by atoms with Crippen LogP contribution in [0.2, 0.25) is 0 Å². The summed E-state index contributed by atoms with van der Waals surface area (Å²) >= 11 is 1.72. The number of nitro groups is 1. The van der Waals surface area contributed by atoms with Gasteiger partial charge in [-0.25, -0.2) is 4.79 Å². The lowest BCUT2D eigenvalue weighted by Gasteiger charge is -2.46. The molecule has 2 aromatic carbocycles. The Balaban J connectivity index is 1.81. The van der Waals surface area contributed by atoms with Gasteiger partial charge in [0.05, 0.1) is 4.92 Å². The minimum absolute atomic E-state index is 0.103. The number of carbonyl (C=O) groups is 1. The van der Waals surface area contributed by atoms with Crippen LogP contribution in [0.5, 0.6) is 0 Å². The molecule has 7 heteroatoms. The highest BCUT2D eigenvalue weighted by molar-refractivity contribution is 8.01. The van der Waals surface area contributed by atoms with Gasteiger partial charge in [-0.1, -0.05) is 50.4 Å². The van der Waals surface area contributed by atoms with Crippen LogP contribution in [0.15, 0.2) is 54.0 Å². The Bertz CT molecular complexity index is 1150. The molecule has 0 saturated carbocycles. The Labute approximate surface area is 185 Å². The third-order valence-corrected chi connectivity index (χ3v) is 8.28. The number of aryl methyl sites for hydroxylation is 1. The first-order valence-corrected chi connectivity index (χ1v) is 10.8. The summed E-state index contributed by atoms with van der Waals surface area (Å²) in [7, 11) is 2.07. The first-order chi connectivity index (χ1) is 14.6. The van der Waals surface area contributed by atoms with Crippen molar-refractivity contribution in [2.45, 2.75) is 42.6 Å². The lowest BCUT2D eigenvalue weighted by Crippen LogP contribution is -2.50. The molecule has 4 rings (SSSR count). The SMILES string of the molecule is C=CC(=O)OCc1cccc2c1C(C)(C)C1(C=Cc3cc([N+](=O)[O-])cc(C)c3S1)N2C. The van der Waals surface area contributed by atoms with E-state index in [2.05, 4.69) is 44.5 Å². The molecule has 1 spiro atoms. The number of benzene rings is 2. The van der Waals surface area contributed by atoms with E-state index < -0.39 is 10.8 Å². The summed E-state index contributed by atoms with van der Waals surface area (Å²) in [5.41, 5.74) is 4.70. The van der Waals surface area contributed by atoms with Crippen LogP contribution in [0.3, 0.4) is 0 Å². The number of thioether (sulfide) groups is 1. The molecule has 0 N–H and O–H groups in total. The van der Waals surface area contributed by atoms with Gasteiger partial charge in [-0.05, 0) is 41.3 Å². The molecule has 2 aliphatic heterocycles. The molecule has 6 nitrogen and oxygen atoms in total. The molecule has 0 fully saturated rings. The summed E-state index contributed by atoms with van der Waals surface area (Å²) < 4.78 is 5.35. The van der Waals surface area contributed by atoms with E-state index in [4.69, 9.17) is 4.74 Å². The average molecular weight is 437 g/mol. The van der Waals surface area contributed by atoms with Gasteiger partial charge in [0.2, 0.25) is 0 Å². The average Bonchev–Trinajstić information content (AvgIpc) is 2.91. The molecule has 31 heavy (non-hydrogen) atoms. The Morgan fingerprint density at radius 3 is 2.77 bits per heavy atom. The molecule has 160 valence electrons. The van der Waals surface area contributed by atoms with E-state index in [0.717, 1.165) is 32.8 Å². The van der Waals surface area contributed by atoms with Crippen molar-refractivity contribution in [2.75, 3.05) is 11.9 Å². The molecule has 2 heterocycles. The van der Waals surface area contributed by atoms with Crippen LogP contribution in [0, 0.1) is 17.0 Å². The zero-order valence-electron chi connectivity index (χ0n) is 18.0. The van der Waals surface area contributed by atoms with E-state index in [-0.39, 0.29) is 22.6 Å². The van der Waals surface area contributed by atoms with Crippen molar-refractivity contribution in [1.29, 1.82) is 0 Å². The van der Waals surface area contributed by atoms with Crippen molar-refractivity contribution in [2.24, 2.45) is 0 Å². The van der Waals surface area contributed by atoms with E-state index in [9.17, 15) is 14.9 Å². The molecule has 0 amide bonds. The van der Waals surface area contributed by atoms with Crippen LogP contribution in [-0.2, 0) is 21.6 Å². The minimum Gasteiger partial charge on any atom is -0.458 e. The number of esters is 1. The maximum Gasteiger partial charge on any atom is 0.330 e. The minimum atomic E-state index is -0.449. The van der Waals surface area contributed by atoms with Crippen LogP contribution in [0.1, 0.15) is 36.1 Å². The number of rotatable bonds is 4. The molecule has 2 aliphatic rings. The lowest BCUT2D eigenvalue weighted by molar-refractivity contribution is -0.385. The van der Waals surface area contributed by atoms with Gasteiger partial charge < -0.3 is 9.64 Å². The Hall–Kier alpha value is -3.06.